The Morgan fingerprint density at radius 1 is 1.10 bits per heavy atom. The van der Waals surface area contributed by atoms with Crippen LogP contribution in [0.1, 0.15) is 10.4 Å². The largest absolute Gasteiger partial charge is 0.496 e. The summed E-state index contributed by atoms with van der Waals surface area (Å²) < 4.78 is 77.4. The number of morpholine rings is 1. The number of methoxy groups -OCH3 is 1. The molecule has 1 aliphatic rings. The Balaban J connectivity index is 1.95. The van der Waals surface area contributed by atoms with E-state index in [2.05, 4.69) is 5.32 Å². The van der Waals surface area contributed by atoms with Gasteiger partial charge in [-0.15, -0.1) is 0 Å². The number of benzene rings is 2. The van der Waals surface area contributed by atoms with E-state index in [4.69, 9.17) is 9.47 Å². The molecule has 7 nitrogen and oxygen atoms in total. The maximum atomic E-state index is 13.9. The molecule has 0 aliphatic carbocycles. The molecule has 0 atom stereocenters. The zero-order valence-electron chi connectivity index (χ0n) is 15.2. The summed E-state index contributed by atoms with van der Waals surface area (Å²) in [4.78, 5) is 12.4. The van der Waals surface area contributed by atoms with Gasteiger partial charge in [0.1, 0.15) is 5.75 Å². The fourth-order valence-corrected chi connectivity index (χ4v) is 4.21. The number of rotatable bonds is 5. The number of nitrogens with zero attached hydrogens (tertiary/aromatic N) is 1. The number of carbonyl (C=O) groups excluding carboxylic acids is 1. The van der Waals surface area contributed by atoms with Gasteiger partial charge in [0.2, 0.25) is 10.0 Å². The Morgan fingerprint density at radius 3 is 2.45 bits per heavy atom. The molecule has 0 bridgehead atoms. The first kappa shape index (κ1) is 21.1. The number of sulfonamides is 1. The number of carbonyl (C=O) groups is 1. The molecular weight excluding hydrogens is 413 g/mol. The molecule has 0 aromatic heterocycles. The van der Waals surface area contributed by atoms with Gasteiger partial charge in [0, 0.05) is 13.1 Å². The molecule has 1 N–H and O–H groups in total. The van der Waals surface area contributed by atoms with Crippen molar-refractivity contribution in [2.75, 3.05) is 38.7 Å². The number of ether oxygens (including phenoxy) is 2. The molecule has 0 spiro atoms. The average molecular weight is 430 g/mol. The Labute approximate surface area is 165 Å². The highest BCUT2D eigenvalue weighted by Crippen LogP contribution is 2.27. The van der Waals surface area contributed by atoms with Crippen molar-refractivity contribution in [2.45, 2.75) is 4.90 Å². The molecule has 0 saturated carbocycles. The first-order valence-corrected chi connectivity index (χ1v) is 9.90. The van der Waals surface area contributed by atoms with Crippen molar-refractivity contribution in [3.63, 3.8) is 0 Å². The second-order valence-corrected chi connectivity index (χ2v) is 7.99. The summed E-state index contributed by atoms with van der Waals surface area (Å²) in [5.41, 5.74) is -0.816. The van der Waals surface area contributed by atoms with Gasteiger partial charge in [-0.2, -0.15) is 4.31 Å². The molecule has 1 saturated heterocycles. The van der Waals surface area contributed by atoms with Gasteiger partial charge in [-0.3, -0.25) is 4.79 Å². The number of nitrogens with one attached hydrogen (secondary N) is 1. The lowest BCUT2D eigenvalue weighted by molar-refractivity contribution is 0.0730. The fraction of sp³-hybridized carbons (Fsp3) is 0.278. The first-order chi connectivity index (χ1) is 13.8. The SMILES string of the molecule is COc1ccc(S(=O)(=O)N2CCOCC2)cc1C(=O)Nc1ccc(F)c(F)c1F. The minimum Gasteiger partial charge on any atom is -0.496 e. The number of halogens is 3. The number of amides is 1. The van der Waals surface area contributed by atoms with Crippen molar-refractivity contribution < 1.29 is 35.9 Å². The van der Waals surface area contributed by atoms with Crippen molar-refractivity contribution in [1.29, 1.82) is 0 Å². The smallest absolute Gasteiger partial charge is 0.259 e. The number of hydrogen-bond donors (Lipinski definition) is 1. The van der Waals surface area contributed by atoms with E-state index < -0.39 is 39.1 Å². The molecule has 2 aromatic carbocycles. The lowest BCUT2D eigenvalue weighted by Gasteiger charge is -2.26. The van der Waals surface area contributed by atoms with Gasteiger partial charge >= 0.3 is 0 Å². The van der Waals surface area contributed by atoms with Crippen LogP contribution in [-0.2, 0) is 14.8 Å². The van der Waals surface area contributed by atoms with Crippen LogP contribution < -0.4 is 10.1 Å². The fourth-order valence-electron chi connectivity index (χ4n) is 2.77. The highest BCUT2D eigenvalue weighted by atomic mass is 32.2. The van der Waals surface area contributed by atoms with Gasteiger partial charge in [0.15, 0.2) is 17.5 Å². The van der Waals surface area contributed by atoms with Gasteiger partial charge in [-0.25, -0.2) is 21.6 Å². The van der Waals surface area contributed by atoms with E-state index in [-0.39, 0.29) is 42.5 Å². The van der Waals surface area contributed by atoms with Crippen LogP contribution in [0.5, 0.6) is 5.75 Å². The summed E-state index contributed by atoms with van der Waals surface area (Å²) in [6.45, 7) is 0.822. The van der Waals surface area contributed by atoms with E-state index in [0.29, 0.717) is 6.07 Å². The Hall–Kier alpha value is -2.63. The minimum absolute atomic E-state index is 0.0198. The van der Waals surface area contributed by atoms with Crippen LogP contribution in [0.25, 0.3) is 0 Å². The van der Waals surface area contributed by atoms with Gasteiger partial charge in [-0.1, -0.05) is 0 Å². The summed E-state index contributed by atoms with van der Waals surface area (Å²) in [7, 11) is -2.64. The van der Waals surface area contributed by atoms with Crippen molar-refractivity contribution in [3.8, 4) is 5.75 Å². The van der Waals surface area contributed by atoms with Crippen molar-refractivity contribution >= 4 is 21.6 Å². The topological polar surface area (TPSA) is 84.9 Å². The van der Waals surface area contributed by atoms with E-state index in [1.807, 2.05) is 0 Å². The molecule has 11 heteroatoms. The second-order valence-electron chi connectivity index (χ2n) is 6.06. The maximum Gasteiger partial charge on any atom is 0.259 e. The van der Waals surface area contributed by atoms with E-state index in [1.165, 1.54) is 23.5 Å². The van der Waals surface area contributed by atoms with Crippen LogP contribution in [0.3, 0.4) is 0 Å². The average Bonchev–Trinajstić information content (AvgIpc) is 2.74. The first-order valence-electron chi connectivity index (χ1n) is 8.46. The van der Waals surface area contributed by atoms with E-state index in [0.717, 1.165) is 12.1 Å². The predicted octanol–water partition coefficient (Wildman–Crippen LogP) is 2.39. The van der Waals surface area contributed by atoms with Gasteiger partial charge in [0.05, 0.1) is 36.5 Å². The van der Waals surface area contributed by atoms with E-state index >= 15 is 0 Å². The maximum absolute atomic E-state index is 13.9. The quantitative estimate of drug-likeness (QED) is 0.737. The molecule has 29 heavy (non-hydrogen) atoms. The van der Waals surface area contributed by atoms with Crippen LogP contribution in [0.15, 0.2) is 35.2 Å². The van der Waals surface area contributed by atoms with Crippen LogP contribution in [0.2, 0.25) is 0 Å². The third-order valence-corrected chi connectivity index (χ3v) is 6.20. The molecule has 1 heterocycles. The number of hydrogen-bond acceptors (Lipinski definition) is 5. The zero-order valence-corrected chi connectivity index (χ0v) is 16.1. The third kappa shape index (κ3) is 4.21. The van der Waals surface area contributed by atoms with Gasteiger partial charge in [-0.05, 0) is 30.3 Å². The molecule has 3 rings (SSSR count). The van der Waals surface area contributed by atoms with E-state index in [1.54, 1.807) is 0 Å². The Kier molecular flexibility index (Phi) is 6.10. The second kappa shape index (κ2) is 8.39. The van der Waals surface area contributed by atoms with Crippen molar-refractivity contribution in [3.05, 3.63) is 53.3 Å². The molecule has 2 aromatic rings. The Morgan fingerprint density at radius 2 is 1.79 bits per heavy atom. The van der Waals surface area contributed by atoms with Crippen LogP contribution in [0.4, 0.5) is 18.9 Å². The summed E-state index contributed by atoms with van der Waals surface area (Å²) in [6, 6.07) is 5.15. The zero-order chi connectivity index (χ0) is 21.2. The van der Waals surface area contributed by atoms with Crippen molar-refractivity contribution in [2.24, 2.45) is 0 Å². The molecule has 156 valence electrons. The lowest BCUT2D eigenvalue weighted by atomic mass is 10.1. The molecule has 1 aliphatic heterocycles. The molecular formula is C18H17F3N2O5S. The summed E-state index contributed by atoms with van der Waals surface area (Å²) >= 11 is 0. The predicted molar refractivity (Wildman–Crippen MR) is 96.8 cm³/mol. The molecule has 0 unspecified atom stereocenters. The van der Waals surface area contributed by atoms with Crippen molar-refractivity contribution in [1.82, 2.24) is 4.31 Å². The van der Waals surface area contributed by atoms with Gasteiger partial charge in [0.25, 0.3) is 5.91 Å². The highest BCUT2D eigenvalue weighted by molar-refractivity contribution is 7.89. The molecule has 1 fully saturated rings. The summed E-state index contributed by atoms with van der Waals surface area (Å²) in [5, 5.41) is 2.10. The Bertz CT molecular complexity index is 1040. The highest BCUT2D eigenvalue weighted by Gasteiger charge is 2.28. The summed E-state index contributed by atoms with van der Waals surface area (Å²) in [6.07, 6.45) is 0. The monoisotopic (exact) mass is 430 g/mol. The number of anilines is 1. The summed E-state index contributed by atoms with van der Waals surface area (Å²) in [5.74, 6) is -5.65. The van der Waals surface area contributed by atoms with E-state index in [9.17, 15) is 26.4 Å². The minimum atomic E-state index is -3.90. The molecule has 0 radical (unpaired) electrons. The lowest BCUT2D eigenvalue weighted by Crippen LogP contribution is -2.40. The third-order valence-electron chi connectivity index (χ3n) is 4.31. The molecule has 1 amide bonds. The normalized spacial score (nSPS) is 15.2. The van der Waals surface area contributed by atoms with Crippen LogP contribution in [0, 0.1) is 17.5 Å². The van der Waals surface area contributed by atoms with Crippen LogP contribution in [-0.4, -0.2) is 52.0 Å². The standard InChI is InChI=1S/C18H17F3N2O5S/c1-27-15-5-2-11(29(25,26)23-6-8-28-9-7-23)10-12(15)18(24)22-14-4-3-13(19)16(20)17(14)21/h2-5,10H,6-9H2,1H3,(H,22,24). The van der Waals surface area contributed by atoms with Gasteiger partial charge < -0.3 is 14.8 Å². The van der Waals surface area contributed by atoms with Crippen LogP contribution >= 0.6 is 0 Å².